The molecule has 0 radical (unpaired) electrons. The van der Waals surface area contributed by atoms with E-state index in [1.54, 1.807) is 13.0 Å². The first-order valence-electron chi connectivity index (χ1n) is 6.78. The minimum Gasteiger partial charge on any atom is -0.465 e. The molecule has 0 saturated heterocycles. The van der Waals surface area contributed by atoms with Crippen LogP contribution in [0.5, 0.6) is 0 Å². The molecule has 0 saturated carbocycles. The first kappa shape index (κ1) is 17.4. The first-order chi connectivity index (χ1) is 9.97. The van der Waals surface area contributed by atoms with Gasteiger partial charge in [0, 0.05) is 23.2 Å². The third-order valence-corrected chi connectivity index (χ3v) is 3.07. The van der Waals surface area contributed by atoms with Crippen molar-refractivity contribution < 1.29 is 14.5 Å². The molecule has 0 spiro atoms. The fourth-order valence-corrected chi connectivity index (χ4v) is 2.21. The summed E-state index contributed by atoms with van der Waals surface area (Å²) in [4.78, 5) is 24.0. The normalized spacial score (nSPS) is 10.7. The molecule has 0 aliphatic heterocycles. The molecule has 116 valence electrons. The lowest BCUT2D eigenvalue weighted by molar-refractivity contribution is -0.385. The minimum absolute atomic E-state index is 0.00404. The highest BCUT2D eigenvalue weighted by molar-refractivity contribution is 6.30. The summed E-state index contributed by atoms with van der Waals surface area (Å²) in [6.07, 6.45) is 0.827. The number of rotatable bonds is 8. The van der Waals surface area contributed by atoms with Crippen molar-refractivity contribution in [2.45, 2.75) is 26.8 Å². The smallest absolute Gasteiger partial charge is 0.320 e. The molecule has 0 aliphatic rings. The van der Waals surface area contributed by atoms with E-state index in [1.165, 1.54) is 12.1 Å². The average Bonchev–Trinajstić information content (AvgIpc) is 2.38. The molecule has 7 heteroatoms. The fourth-order valence-electron chi connectivity index (χ4n) is 2.02. The summed E-state index contributed by atoms with van der Waals surface area (Å²) in [5, 5.41) is 11.5. The van der Waals surface area contributed by atoms with Gasteiger partial charge >= 0.3 is 5.97 Å². The van der Waals surface area contributed by atoms with Gasteiger partial charge < -0.3 is 4.74 Å². The van der Waals surface area contributed by atoms with Crippen LogP contribution in [0.3, 0.4) is 0 Å². The molecule has 0 unspecified atom stereocenters. The van der Waals surface area contributed by atoms with Crippen LogP contribution < -0.4 is 0 Å². The maximum absolute atomic E-state index is 11.6. The molecular weight excluding hydrogens is 296 g/mol. The molecule has 1 rings (SSSR count). The fraction of sp³-hybridized carbons (Fsp3) is 0.500. The highest BCUT2D eigenvalue weighted by atomic mass is 35.5. The van der Waals surface area contributed by atoms with Gasteiger partial charge in [0.15, 0.2) is 0 Å². The van der Waals surface area contributed by atoms with Crippen LogP contribution in [0, 0.1) is 10.1 Å². The number of benzene rings is 1. The molecule has 1 aromatic rings. The first-order valence-corrected chi connectivity index (χ1v) is 7.16. The number of esters is 1. The van der Waals surface area contributed by atoms with E-state index in [-0.39, 0.29) is 24.7 Å². The van der Waals surface area contributed by atoms with Crippen LogP contribution in [0.4, 0.5) is 5.69 Å². The zero-order valence-electron chi connectivity index (χ0n) is 12.2. The Morgan fingerprint density at radius 3 is 2.71 bits per heavy atom. The zero-order chi connectivity index (χ0) is 15.8. The van der Waals surface area contributed by atoms with Gasteiger partial charge in [-0.1, -0.05) is 18.5 Å². The molecule has 6 nitrogen and oxygen atoms in total. The summed E-state index contributed by atoms with van der Waals surface area (Å²) in [6.45, 7) is 5.06. The van der Waals surface area contributed by atoms with E-state index in [0.29, 0.717) is 23.7 Å². The Bertz CT molecular complexity index is 508. The van der Waals surface area contributed by atoms with Crippen molar-refractivity contribution in [2.75, 3.05) is 19.7 Å². The van der Waals surface area contributed by atoms with Crippen LogP contribution in [-0.2, 0) is 16.1 Å². The Hall–Kier alpha value is -1.66. The molecule has 21 heavy (non-hydrogen) atoms. The van der Waals surface area contributed by atoms with Crippen molar-refractivity contribution in [3.63, 3.8) is 0 Å². The highest BCUT2D eigenvalue weighted by Crippen LogP contribution is 2.24. The SMILES string of the molecule is CCCN(CC(=O)OCC)Cc1cc(Cl)ccc1[N+](=O)[O-]. The number of ether oxygens (including phenoxy) is 1. The van der Waals surface area contributed by atoms with Crippen LogP contribution >= 0.6 is 11.6 Å². The summed E-state index contributed by atoms with van der Waals surface area (Å²) < 4.78 is 4.92. The van der Waals surface area contributed by atoms with E-state index in [0.717, 1.165) is 6.42 Å². The molecule has 1 aromatic carbocycles. The number of nitro groups is 1. The van der Waals surface area contributed by atoms with Gasteiger partial charge in [-0.2, -0.15) is 0 Å². The maximum atomic E-state index is 11.6. The topological polar surface area (TPSA) is 72.7 Å². The monoisotopic (exact) mass is 314 g/mol. The Labute approximate surface area is 128 Å². The Morgan fingerprint density at radius 1 is 1.43 bits per heavy atom. The van der Waals surface area contributed by atoms with E-state index >= 15 is 0 Å². The van der Waals surface area contributed by atoms with Crippen molar-refractivity contribution in [2.24, 2.45) is 0 Å². The van der Waals surface area contributed by atoms with Crippen LogP contribution in [0.15, 0.2) is 18.2 Å². The summed E-state index contributed by atoms with van der Waals surface area (Å²) >= 11 is 5.90. The minimum atomic E-state index is -0.444. The van der Waals surface area contributed by atoms with E-state index in [2.05, 4.69) is 0 Å². The van der Waals surface area contributed by atoms with Gasteiger partial charge in [0.2, 0.25) is 0 Å². The van der Waals surface area contributed by atoms with Crippen molar-refractivity contribution in [1.29, 1.82) is 0 Å². The molecule has 0 N–H and O–H groups in total. The van der Waals surface area contributed by atoms with Crippen LogP contribution in [0.25, 0.3) is 0 Å². The van der Waals surface area contributed by atoms with Gasteiger partial charge in [-0.05, 0) is 32.0 Å². The molecule has 0 bridgehead atoms. The molecule has 0 atom stereocenters. The average molecular weight is 315 g/mol. The largest absolute Gasteiger partial charge is 0.465 e. The maximum Gasteiger partial charge on any atom is 0.320 e. The quantitative estimate of drug-likeness (QED) is 0.419. The van der Waals surface area contributed by atoms with Crippen molar-refractivity contribution in [3.8, 4) is 0 Å². The van der Waals surface area contributed by atoms with Crippen LogP contribution in [0.2, 0.25) is 5.02 Å². The molecule has 0 amide bonds. The predicted molar refractivity (Wildman–Crippen MR) is 80.3 cm³/mol. The van der Waals surface area contributed by atoms with Gasteiger partial charge in [0.05, 0.1) is 18.1 Å². The zero-order valence-corrected chi connectivity index (χ0v) is 12.9. The second-order valence-electron chi connectivity index (χ2n) is 4.55. The van der Waals surface area contributed by atoms with Gasteiger partial charge in [-0.15, -0.1) is 0 Å². The lowest BCUT2D eigenvalue weighted by Crippen LogP contribution is -2.31. The van der Waals surface area contributed by atoms with Gasteiger partial charge in [0.25, 0.3) is 5.69 Å². The van der Waals surface area contributed by atoms with Crippen LogP contribution in [0.1, 0.15) is 25.8 Å². The lowest BCUT2D eigenvalue weighted by atomic mass is 10.1. The summed E-state index contributed by atoms with van der Waals surface area (Å²) in [5.74, 6) is -0.337. The van der Waals surface area contributed by atoms with E-state index in [4.69, 9.17) is 16.3 Å². The van der Waals surface area contributed by atoms with Gasteiger partial charge in [-0.3, -0.25) is 19.8 Å². The second-order valence-corrected chi connectivity index (χ2v) is 4.98. The summed E-state index contributed by atoms with van der Waals surface area (Å²) in [7, 11) is 0. The van der Waals surface area contributed by atoms with Crippen molar-refractivity contribution in [1.82, 2.24) is 4.90 Å². The molecule has 0 heterocycles. The van der Waals surface area contributed by atoms with E-state index in [9.17, 15) is 14.9 Å². The number of nitro benzene ring substituents is 1. The third-order valence-electron chi connectivity index (χ3n) is 2.83. The highest BCUT2D eigenvalue weighted by Gasteiger charge is 2.18. The van der Waals surface area contributed by atoms with E-state index < -0.39 is 4.92 Å². The number of hydrogen-bond acceptors (Lipinski definition) is 5. The molecule has 0 fully saturated rings. The predicted octanol–water partition coefficient (Wildman–Crippen LogP) is 3.02. The van der Waals surface area contributed by atoms with Gasteiger partial charge in [-0.25, -0.2) is 0 Å². The Morgan fingerprint density at radius 2 is 2.14 bits per heavy atom. The van der Waals surface area contributed by atoms with Crippen LogP contribution in [-0.4, -0.2) is 35.5 Å². The molecule has 0 aromatic heterocycles. The molecular formula is C14H19ClN2O4. The van der Waals surface area contributed by atoms with E-state index in [1.807, 2.05) is 11.8 Å². The number of halogens is 1. The number of carbonyl (C=O) groups excluding carboxylic acids is 1. The standard InChI is InChI=1S/C14H19ClN2O4/c1-3-7-16(10-14(18)21-4-2)9-11-8-12(15)5-6-13(11)17(19)20/h5-6,8H,3-4,7,9-10H2,1-2H3. The lowest BCUT2D eigenvalue weighted by Gasteiger charge is -2.20. The number of nitrogens with zero attached hydrogens (tertiary/aromatic N) is 2. The van der Waals surface area contributed by atoms with Gasteiger partial charge in [0.1, 0.15) is 0 Å². The number of carbonyl (C=O) groups is 1. The number of hydrogen-bond donors (Lipinski definition) is 0. The van der Waals surface area contributed by atoms with Crippen molar-refractivity contribution in [3.05, 3.63) is 38.9 Å². The Balaban J connectivity index is 2.90. The third kappa shape index (κ3) is 5.69. The second kappa shape index (κ2) is 8.59. The molecule has 0 aliphatic carbocycles. The van der Waals surface area contributed by atoms with Crippen molar-refractivity contribution >= 4 is 23.3 Å². The summed E-state index contributed by atoms with van der Waals surface area (Å²) in [5.41, 5.74) is 0.495. The summed E-state index contributed by atoms with van der Waals surface area (Å²) in [6, 6.07) is 4.43. The Kier molecular flexibility index (Phi) is 7.11.